The molecule has 0 amide bonds. The highest BCUT2D eigenvalue weighted by Gasteiger charge is 2.05. The van der Waals surface area contributed by atoms with E-state index in [2.05, 4.69) is 32.3 Å². The number of aromatic carboxylic acids is 1. The van der Waals surface area contributed by atoms with E-state index in [1.54, 1.807) is 0 Å². The molecule has 1 aromatic carbocycles. The van der Waals surface area contributed by atoms with Gasteiger partial charge in [-0.15, -0.1) is 0 Å². The number of hydrogen-bond donors (Lipinski definition) is 2. The van der Waals surface area contributed by atoms with E-state index in [4.69, 9.17) is 5.11 Å². The number of carbonyl (C=O) groups is 1. The molecule has 0 aliphatic heterocycles. The maximum absolute atomic E-state index is 10.7. The van der Waals surface area contributed by atoms with E-state index in [0.29, 0.717) is 12.4 Å². The standard InChI is InChI=1S/C15H18N4O2/c1-19(11-12-5-3-2-4-6-12)8-7-16-14-10-17-13(9-18-14)15(20)21/h2-6,9-10H,7-8,11H2,1H3,(H,16,18)(H,20,21). The minimum Gasteiger partial charge on any atom is -0.476 e. The Balaban J connectivity index is 1.74. The second-order valence-corrected chi connectivity index (χ2v) is 4.74. The number of carboxylic acid groups (broad SMARTS) is 1. The smallest absolute Gasteiger partial charge is 0.356 e. The van der Waals surface area contributed by atoms with Crippen molar-refractivity contribution in [3.05, 3.63) is 54.0 Å². The van der Waals surface area contributed by atoms with E-state index >= 15 is 0 Å². The van der Waals surface area contributed by atoms with Gasteiger partial charge in [-0.2, -0.15) is 0 Å². The summed E-state index contributed by atoms with van der Waals surface area (Å²) in [5.74, 6) is -0.496. The first-order valence-corrected chi connectivity index (χ1v) is 6.67. The quantitative estimate of drug-likeness (QED) is 0.807. The second-order valence-electron chi connectivity index (χ2n) is 4.74. The lowest BCUT2D eigenvalue weighted by atomic mass is 10.2. The lowest BCUT2D eigenvalue weighted by molar-refractivity contribution is 0.0690. The van der Waals surface area contributed by atoms with Gasteiger partial charge in [0.2, 0.25) is 0 Å². The first-order chi connectivity index (χ1) is 10.1. The second kappa shape index (κ2) is 7.35. The third-order valence-electron chi connectivity index (χ3n) is 2.97. The molecule has 6 nitrogen and oxygen atoms in total. The Hall–Kier alpha value is -2.47. The molecule has 0 fully saturated rings. The Bertz CT molecular complexity index is 572. The minimum atomic E-state index is -1.07. The molecule has 0 radical (unpaired) electrons. The summed E-state index contributed by atoms with van der Waals surface area (Å²) < 4.78 is 0. The molecule has 0 aliphatic carbocycles. The van der Waals surface area contributed by atoms with E-state index < -0.39 is 5.97 Å². The number of carboxylic acids is 1. The summed E-state index contributed by atoms with van der Waals surface area (Å²) in [7, 11) is 2.05. The van der Waals surface area contributed by atoms with Crippen LogP contribution in [0.5, 0.6) is 0 Å². The van der Waals surface area contributed by atoms with Gasteiger partial charge in [0.05, 0.1) is 12.4 Å². The Morgan fingerprint density at radius 2 is 2.00 bits per heavy atom. The molecule has 0 atom stereocenters. The van der Waals surface area contributed by atoms with Crippen molar-refractivity contribution in [2.24, 2.45) is 0 Å². The number of nitrogens with one attached hydrogen (secondary N) is 1. The fourth-order valence-electron chi connectivity index (χ4n) is 1.88. The highest BCUT2D eigenvalue weighted by atomic mass is 16.4. The van der Waals surface area contributed by atoms with Crippen molar-refractivity contribution < 1.29 is 9.90 Å². The molecule has 2 N–H and O–H groups in total. The van der Waals surface area contributed by atoms with Gasteiger partial charge < -0.3 is 15.3 Å². The number of rotatable bonds is 7. The summed E-state index contributed by atoms with van der Waals surface area (Å²) >= 11 is 0. The number of anilines is 1. The first-order valence-electron chi connectivity index (χ1n) is 6.67. The predicted molar refractivity (Wildman–Crippen MR) is 80.3 cm³/mol. The van der Waals surface area contributed by atoms with Crippen LogP contribution in [0.1, 0.15) is 16.1 Å². The van der Waals surface area contributed by atoms with Crippen LogP contribution in [-0.4, -0.2) is 46.1 Å². The topological polar surface area (TPSA) is 78.4 Å². The van der Waals surface area contributed by atoms with Crippen molar-refractivity contribution in [3.63, 3.8) is 0 Å². The summed E-state index contributed by atoms with van der Waals surface area (Å²) in [4.78, 5) is 20.7. The fourth-order valence-corrected chi connectivity index (χ4v) is 1.88. The third-order valence-corrected chi connectivity index (χ3v) is 2.97. The molecule has 0 bridgehead atoms. The van der Waals surface area contributed by atoms with Crippen molar-refractivity contribution in [2.45, 2.75) is 6.54 Å². The molecule has 2 aromatic rings. The van der Waals surface area contributed by atoms with Crippen molar-refractivity contribution in [2.75, 3.05) is 25.5 Å². The maximum Gasteiger partial charge on any atom is 0.356 e. The average Bonchev–Trinajstić information content (AvgIpc) is 2.49. The Morgan fingerprint density at radius 3 is 2.62 bits per heavy atom. The van der Waals surface area contributed by atoms with Crippen molar-refractivity contribution in [1.29, 1.82) is 0 Å². The van der Waals surface area contributed by atoms with Crippen molar-refractivity contribution >= 4 is 11.8 Å². The van der Waals surface area contributed by atoms with Crippen LogP contribution in [0.2, 0.25) is 0 Å². The van der Waals surface area contributed by atoms with Gasteiger partial charge >= 0.3 is 5.97 Å². The molecule has 0 aliphatic rings. The third kappa shape index (κ3) is 4.85. The molecule has 0 unspecified atom stereocenters. The molecule has 0 saturated carbocycles. The number of nitrogens with zero attached hydrogens (tertiary/aromatic N) is 3. The first kappa shape index (κ1) is 14.9. The number of hydrogen-bond acceptors (Lipinski definition) is 5. The molecule has 1 aromatic heterocycles. The highest BCUT2D eigenvalue weighted by molar-refractivity contribution is 5.84. The lowest BCUT2D eigenvalue weighted by Crippen LogP contribution is -2.25. The van der Waals surface area contributed by atoms with Gasteiger partial charge in [0.25, 0.3) is 0 Å². The average molecular weight is 286 g/mol. The van der Waals surface area contributed by atoms with E-state index in [0.717, 1.165) is 13.1 Å². The molecule has 21 heavy (non-hydrogen) atoms. The molecular weight excluding hydrogens is 268 g/mol. The van der Waals surface area contributed by atoms with Gasteiger partial charge in [-0.25, -0.2) is 14.8 Å². The summed E-state index contributed by atoms with van der Waals surface area (Å²) in [6.45, 7) is 2.44. The van der Waals surface area contributed by atoms with E-state index in [1.165, 1.54) is 18.0 Å². The monoisotopic (exact) mass is 286 g/mol. The Labute approximate surface area is 123 Å². The molecule has 6 heteroatoms. The van der Waals surface area contributed by atoms with E-state index in [1.807, 2.05) is 25.2 Å². The zero-order valence-electron chi connectivity index (χ0n) is 11.9. The van der Waals surface area contributed by atoms with Gasteiger partial charge in [0.15, 0.2) is 5.69 Å². The van der Waals surface area contributed by atoms with Crippen LogP contribution in [0.15, 0.2) is 42.7 Å². The maximum atomic E-state index is 10.7. The van der Waals surface area contributed by atoms with Crippen LogP contribution in [0, 0.1) is 0 Å². The van der Waals surface area contributed by atoms with Crippen LogP contribution in [0.3, 0.4) is 0 Å². The molecular formula is C15H18N4O2. The summed E-state index contributed by atoms with van der Waals surface area (Å²) in [6, 6.07) is 10.3. The zero-order valence-corrected chi connectivity index (χ0v) is 11.9. The zero-order chi connectivity index (χ0) is 15.1. The van der Waals surface area contributed by atoms with Gasteiger partial charge in [-0.05, 0) is 12.6 Å². The fraction of sp³-hybridized carbons (Fsp3) is 0.267. The van der Waals surface area contributed by atoms with Gasteiger partial charge in [0.1, 0.15) is 5.82 Å². The van der Waals surface area contributed by atoms with E-state index in [-0.39, 0.29) is 5.69 Å². The number of aromatic nitrogens is 2. The number of likely N-dealkylation sites (N-methyl/N-ethyl adjacent to an activating group) is 1. The van der Waals surface area contributed by atoms with Crippen LogP contribution >= 0.6 is 0 Å². The molecule has 1 heterocycles. The lowest BCUT2D eigenvalue weighted by Gasteiger charge is -2.17. The van der Waals surface area contributed by atoms with Crippen LogP contribution in [0.25, 0.3) is 0 Å². The Kier molecular flexibility index (Phi) is 5.22. The largest absolute Gasteiger partial charge is 0.476 e. The van der Waals surface area contributed by atoms with Crippen LogP contribution < -0.4 is 5.32 Å². The molecule has 0 spiro atoms. The van der Waals surface area contributed by atoms with Gasteiger partial charge in [-0.1, -0.05) is 30.3 Å². The van der Waals surface area contributed by atoms with Crippen LogP contribution in [0.4, 0.5) is 5.82 Å². The SMILES string of the molecule is CN(CCNc1cnc(C(=O)O)cn1)Cc1ccccc1. The van der Waals surface area contributed by atoms with Gasteiger partial charge in [0, 0.05) is 19.6 Å². The molecule has 2 rings (SSSR count). The molecule has 0 saturated heterocycles. The summed E-state index contributed by atoms with van der Waals surface area (Å²) in [5, 5.41) is 11.9. The highest BCUT2D eigenvalue weighted by Crippen LogP contribution is 2.03. The number of benzene rings is 1. The van der Waals surface area contributed by atoms with Gasteiger partial charge in [-0.3, -0.25) is 0 Å². The van der Waals surface area contributed by atoms with Crippen molar-refractivity contribution in [3.8, 4) is 0 Å². The minimum absolute atomic E-state index is 0.0539. The summed E-state index contributed by atoms with van der Waals surface area (Å²) in [5.41, 5.74) is 1.22. The van der Waals surface area contributed by atoms with Crippen molar-refractivity contribution in [1.82, 2.24) is 14.9 Å². The molecule has 110 valence electrons. The Morgan fingerprint density at radius 1 is 1.24 bits per heavy atom. The normalized spacial score (nSPS) is 10.6. The summed E-state index contributed by atoms with van der Waals surface area (Å²) in [6.07, 6.45) is 2.68. The van der Waals surface area contributed by atoms with Crippen LogP contribution in [-0.2, 0) is 6.54 Å². The predicted octanol–water partition coefficient (Wildman–Crippen LogP) is 1.72. The van der Waals surface area contributed by atoms with E-state index in [9.17, 15) is 4.79 Å².